The maximum absolute atomic E-state index is 12.8. The van der Waals surface area contributed by atoms with Crippen molar-refractivity contribution in [3.8, 4) is 0 Å². The number of carboxylic acids is 1. The molecule has 4 saturated carbocycles. The van der Waals surface area contributed by atoms with Gasteiger partial charge in [-0.2, -0.15) is 0 Å². The minimum absolute atomic E-state index is 0.0208. The maximum atomic E-state index is 12.8. The third-order valence-corrected chi connectivity index (χ3v) is 13.8. The van der Waals surface area contributed by atoms with Crippen molar-refractivity contribution in [2.45, 2.75) is 112 Å². The van der Waals surface area contributed by atoms with Crippen molar-refractivity contribution in [3.05, 3.63) is 11.6 Å². The van der Waals surface area contributed by atoms with Crippen molar-refractivity contribution in [1.29, 1.82) is 0 Å². The number of allylic oxidation sites excluding steroid dienone is 2. The predicted octanol–water partition coefficient (Wildman–Crippen LogP) is 5.69. The van der Waals surface area contributed by atoms with Gasteiger partial charge in [0.15, 0.2) is 0 Å². The van der Waals surface area contributed by atoms with Gasteiger partial charge in [0.1, 0.15) is 0 Å². The largest absolute Gasteiger partial charge is 0.726 e. The van der Waals surface area contributed by atoms with Gasteiger partial charge in [0, 0.05) is 5.41 Å². The SMILES string of the molecule is CC1(C)CC[C@]2(C(=O)O)CC[C@]3(C)C(=CC[C@@H]4[C@@]5(C)CC[C@H](O)[C@@](C)(COS(=O)(=O)[O-])[C@@H]5CC[C@]43C)[C@@H]2C1. The maximum Gasteiger partial charge on any atom is 0.310 e. The zero-order valence-electron chi connectivity index (χ0n) is 24.0. The van der Waals surface area contributed by atoms with Crippen LogP contribution in [0.2, 0.25) is 0 Å². The molecule has 2 N–H and O–H groups in total. The second kappa shape index (κ2) is 8.53. The van der Waals surface area contributed by atoms with Crippen LogP contribution in [0.3, 0.4) is 0 Å². The first-order valence-electron chi connectivity index (χ1n) is 14.6. The molecule has 216 valence electrons. The van der Waals surface area contributed by atoms with E-state index in [4.69, 9.17) is 4.18 Å². The molecular formula is C30H47O7S-. The predicted molar refractivity (Wildman–Crippen MR) is 143 cm³/mol. The first kappa shape index (κ1) is 28.6. The van der Waals surface area contributed by atoms with Crippen LogP contribution >= 0.6 is 0 Å². The Bertz CT molecular complexity index is 1150. The Morgan fingerprint density at radius 1 is 1.00 bits per heavy atom. The van der Waals surface area contributed by atoms with E-state index in [0.717, 1.165) is 51.4 Å². The minimum Gasteiger partial charge on any atom is -0.726 e. The normalized spacial score (nSPS) is 50.1. The quantitative estimate of drug-likeness (QED) is 0.261. The summed E-state index contributed by atoms with van der Waals surface area (Å²) in [6, 6.07) is 0. The molecule has 0 aromatic carbocycles. The van der Waals surface area contributed by atoms with Gasteiger partial charge in [0.2, 0.25) is 10.4 Å². The monoisotopic (exact) mass is 551 g/mol. The molecule has 0 aliphatic heterocycles. The molecule has 4 fully saturated rings. The Labute approximate surface area is 228 Å². The van der Waals surface area contributed by atoms with E-state index in [1.54, 1.807) is 0 Å². The van der Waals surface area contributed by atoms with E-state index in [1.165, 1.54) is 5.57 Å². The highest BCUT2D eigenvalue weighted by Gasteiger charge is 2.69. The standard InChI is InChI=1S/C30H48O7S/c1-25(2)13-15-30(24(32)33)16-14-28(5)19(20(30)17-25)7-8-22-26(3)11-10-23(31)27(4,18-37-38(34,35)36)21(26)9-12-29(22,28)6/h7,20-23,31H,8-18H2,1-6H3,(H,32,33)(H,34,35,36)/p-1/t20-,21+,22+,23-,26-,27-,28+,29+,30-/m0/s1. The van der Waals surface area contributed by atoms with Crippen LogP contribution in [0, 0.1) is 50.2 Å². The molecule has 0 heterocycles. The molecule has 0 unspecified atom stereocenters. The minimum atomic E-state index is -4.86. The Morgan fingerprint density at radius 2 is 1.66 bits per heavy atom. The molecule has 5 rings (SSSR count). The second-order valence-electron chi connectivity index (χ2n) is 15.4. The second-order valence-corrected chi connectivity index (χ2v) is 16.5. The van der Waals surface area contributed by atoms with Crippen LogP contribution in [0.5, 0.6) is 0 Å². The Balaban J connectivity index is 1.55. The smallest absolute Gasteiger partial charge is 0.310 e. The molecule has 5 aliphatic rings. The van der Waals surface area contributed by atoms with Crippen molar-refractivity contribution in [2.75, 3.05) is 6.61 Å². The summed E-state index contributed by atoms with van der Waals surface area (Å²) in [7, 11) is -4.86. The summed E-state index contributed by atoms with van der Waals surface area (Å²) in [5.74, 6) is -0.242. The van der Waals surface area contributed by atoms with Crippen LogP contribution in [-0.2, 0) is 19.4 Å². The zero-order chi connectivity index (χ0) is 28.2. The summed E-state index contributed by atoms with van der Waals surface area (Å²) >= 11 is 0. The van der Waals surface area contributed by atoms with Crippen molar-refractivity contribution in [2.24, 2.45) is 50.2 Å². The molecular weight excluding hydrogens is 504 g/mol. The molecule has 7 nitrogen and oxygen atoms in total. The highest BCUT2D eigenvalue weighted by molar-refractivity contribution is 7.80. The van der Waals surface area contributed by atoms with Crippen LogP contribution in [0.15, 0.2) is 11.6 Å². The molecule has 38 heavy (non-hydrogen) atoms. The Kier molecular flexibility index (Phi) is 6.41. The van der Waals surface area contributed by atoms with Gasteiger partial charge in [0.05, 0.1) is 18.1 Å². The number of hydrogen-bond donors (Lipinski definition) is 2. The molecule has 5 aliphatic carbocycles. The number of fused-ring (bicyclic) bond motifs is 7. The first-order chi connectivity index (χ1) is 17.3. The van der Waals surface area contributed by atoms with Gasteiger partial charge in [-0.3, -0.25) is 8.98 Å². The average Bonchev–Trinajstić information content (AvgIpc) is 2.80. The molecule has 0 aromatic heterocycles. The molecule has 9 atom stereocenters. The molecule has 0 amide bonds. The van der Waals surface area contributed by atoms with Crippen LogP contribution in [0.1, 0.15) is 106 Å². The van der Waals surface area contributed by atoms with Crippen molar-refractivity contribution >= 4 is 16.4 Å². The highest BCUT2D eigenvalue weighted by atomic mass is 32.3. The fourth-order valence-corrected chi connectivity index (χ4v) is 11.2. The highest BCUT2D eigenvalue weighted by Crippen LogP contribution is 2.75. The fourth-order valence-electron chi connectivity index (χ4n) is 10.8. The zero-order valence-corrected chi connectivity index (χ0v) is 24.8. The van der Waals surface area contributed by atoms with Gasteiger partial charge in [-0.25, -0.2) is 8.42 Å². The van der Waals surface area contributed by atoms with E-state index in [1.807, 2.05) is 6.92 Å². The van der Waals surface area contributed by atoms with Crippen LogP contribution in [-0.4, -0.2) is 41.9 Å². The van der Waals surface area contributed by atoms with Gasteiger partial charge in [-0.15, -0.1) is 0 Å². The lowest BCUT2D eigenvalue weighted by molar-refractivity contribution is -0.215. The topological polar surface area (TPSA) is 124 Å². The number of hydrogen-bond acceptors (Lipinski definition) is 6. The van der Waals surface area contributed by atoms with Crippen LogP contribution in [0.25, 0.3) is 0 Å². The number of aliphatic hydroxyl groups excluding tert-OH is 1. The van der Waals surface area contributed by atoms with E-state index in [2.05, 4.69) is 40.7 Å². The Morgan fingerprint density at radius 3 is 2.29 bits per heavy atom. The van der Waals surface area contributed by atoms with E-state index in [-0.39, 0.29) is 40.1 Å². The van der Waals surface area contributed by atoms with Crippen LogP contribution < -0.4 is 0 Å². The third-order valence-electron chi connectivity index (χ3n) is 13.4. The molecule has 0 radical (unpaired) electrons. The van der Waals surface area contributed by atoms with E-state index in [0.29, 0.717) is 18.8 Å². The summed E-state index contributed by atoms with van der Waals surface area (Å²) in [6.07, 6.45) is 9.86. The van der Waals surface area contributed by atoms with Crippen molar-refractivity contribution in [3.63, 3.8) is 0 Å². The number of carboxylic acid groups (broad SMARTS) is 1. The lowest BCUT2D eigenvalue weighted by Gasteiger charge is -2.71. The van der Waals surface area contributed by atoms with E-state index in [9.17, 15) is 28.0 Å². The number of aliphatic hydroxyl groups is 1. The summed E-state index contributed by atoms with van der Waals surface area (Å²) < 4.78 is 38.9. The van der Waals surface area contributed by atoms with Gasteiger partial charge < -0.3 is 14.8 Å². The van der Waals surface area contributed by atoms with Gasteiger partial charge in [-0.1, -0.05) is 53.2 Å². The van der Waals surface area contributed by atoms with E-state index < -0.39 is 33.3 Å². The fraction of sp³-hybridized carbons (Fsp3) is 0.900. The summed E-state index contributed by atoms with van der Waals surface area (Å²) in [4.78, 5) is 12.8. The first-order valence-corrected chi connectivity index (χ1v) is 15.9. The van der Waals surface area contributed by atoms with Crippen LogP contribution in [0.4, 0.5) is 0 Å². The average molecular weight is 552 g/mol. The van der Waals surface area contributed by atoms with Gasteiger partial charge in [0.25, 0.3) is 0 Å². The third kappa shape index (κ3) is 3.82. The number of carbonyl (C=O) groups is 1. The molecule has 0 aromatic rings. The summed E-state index contributed by atoms with van der Waals surface area (Å²) in [5.41, 5.74) is -0.303. The molecule has 0 saturated heterocycles. The molecule has 0 spiro atoms. The van der Waals surface area contributed by atoms with Gasteiger partial charge >= 0.3 is 5.97 Å². The summed E-state index contributed by atoms with van der Waals surface area (Å²) in [5, 5.41) is 21.6. The van der Waals surface area contributed by atoms with E-state index >= 15 is 0 Å². The Hall–Kier alpha value is -0.960. The van der Waals surface area contributed by atoms with Crippen molar-refractivity contribution < 1.29 is 32.2 Å². The lowest BCUT2D eigenvalue weighted by Crippen LogP contribution is -2.66. The number of aliphatic carboxylic acids is 1. The molecule has 8 heteroatoms. The summed E-state index contributed by atoms with van der Waals surface area (Å²) in [6.45, 7) is 13.3. The molecule has 0 bridgehead atoms. The number of rotatable bonds is 4. The van der Waals surface area contributed by atoms with Crippen molar-refractivity contribution in [1.82, 2.24) is 0 Å². The van der Waals surface area contributed by atoms with Gasteiger partial charge in [-0.05, 0) is 104 Å². The lowest BCUT2D eigenvalue weighted by atomic mass is 9.33.